The number of rotatable bonds is 7. The van der Waals surface area contributed by atoms with E-state index in [1.54, 1.807) is 41.5 Å². The third-order valence-corrected chi connectivity index (χ3v) is 4.93. The Hall–Kier alpha value is -2.83. The van der Waals surface area contributed by atoms with Crippen molar-refractivity contribution >= 4 is 17.6 Å². The number of nitro groups is 1. The SMILES string of the molecule is CC(C)(C)OC(=O)C(O)C1CCN1.CC(C)(C)OC(=O)C(Oc1cncc([N+](=O)[O-])c1)[C@@H]1CCN1. The maximum absolute atomic E-state index is 12.3. The highest BCUT2D eigenvalue weighted by Crippen LogP contribution is 2.23. The second-order valence-electron chi connectivity index (χ2n) is 10.4. The molecular weight excluding hydrogens is 460 g/mol. The molecule has 12 nitrogen and oxygen atoms in total. The minimum atomic E-state index is -1.02. The van der Waals surface area contributed by atoms with Gasteiger partial charge in [0.15, 0.2) is 6.10 Å². The standard InChI is InChI=1S/C14H19N3O5.C9H17NO3/c1-14(2,3)22-13(18)12(11-4-5-16-11)21-10-6-9(17(19)20)7-15-8-10;1-9(2,3)13-8(12)7(11)6-4-5-10-6/h6-8,11-12,16H,4-5H2,1-3H3;6-7,10-11H,4-5H2,1-3H3/t11-,12?;/m0./s1. The van der Waals surface area contributed by atoms with Crippen LogP contribution in [0.2, 0.25) is 0 Å². The molecule has 1 aromatic rings. The van der Waals surface area contributed by atoms with Crippen LogP contribution in [0, 0.1) is 10.1 Å². The molecule has 2 aliphatic rings. The summed E-state index contributed by atoms with van der Waals surface area (Å²) in [5, 5.41) is 26.3. The van der Waals surface area contributed by atoms with Crippen molar-refractivity contribution in [2.45, 2.75) is 89.9 Å². The van der Waals surface area contributed by atoms with Gasteiger partial charge in [0, 0.05) is 6.04 Å². The molecule has 196 valence electrons. The zero-order valence-corrected chi connectivity index (χ0v) is 21.1. The van der Waals surface area contributed by atoms with Crippen LogP contribution < -0.4 is 15.4 Å². The molecule has 0 radical (unpaired) electrons. The topological polar surface area (TPSA) is 162 Å². The number of nitrogens with one attached hydrogen (secondary N) is 2. The van der Waals surface area contributed by atoms with Crippen LogP contribution in [-0.2, 0) is 19.1 Å². The Morgan fingerprint density at radius 3 is 1.97 bits per heavy atom. The fraction of sp³-hybridized carbons (Fsp3) is 0.696. The van der Waals surface area contributed by atoms with Crippen LogP contribution in [0.25, 0.3) is 0 Å². The van der Waals surface area contributed by atoms with Crippen molar-refractivity contribution in [3.63, 3.8) is 0 Å². The Kier molecular flexibility index (Phi) is 9.52. The number of ether oxygens (including phenoxy) is 3. The summed E-state index contributed by atoms with van der Waals surface area (Å²) in [6.07, 6.45) is 2.18. The molecule has 12 heteroatoms. The lowest BCUT2D eigenvalue weighted by molar-refractivity contribution is -0.385. The average Bonchev–Trinajstić information content (AvgIpc) is 2.62. The number of pyridine rings is 1. The molecule has 3 heterocycles. The van der Waals surface area contributed by atoms with Gasteiger partial charge in [-0.15, -0.1) is 0 Å². The van der Waals surface area contributed by atoms with Gasteiger partial charge in [-0.3, -0.25) is 15.1 Å². The first kappa shape index (κ1) is 28.4. The number of carbonyl (C=O) groups excluding carboxylic acids is 2. The van der Waals surface area contributed by atoms with E-state index in [9.17, 15) is 24.8 Å². The lowest BCUT2D eigenvalue weighted by Gasteiger charge is -2.35. The first-order valence-electron chi connectivity index (χ1n) is 11.5. The largest absolute Gasteiger partial charge is 0.475 e. The Balaban J connectivity index is 0.000000283. The highest BCUT2D eigenvalue weighted by atomic mass is 16.6. The number of esters is 2. The second kappa shape index (κ2) is 11.7. The Morgan fingerprint density at radius 1 is 1.03 bits per heavy atom. The molecule has 1 aromatic heterocycles. The predicted octanol–water partition coefficient (Wildman–Crippen LogP) is 1.49. The zero-order chi connectivity index (χ0) is 26.4. The second-order valence-corrected chi connectivity index (χ2v) is 10.4. The predicted molar refractivity (Wildman–Crippen MR) is 126 cm³/mol. The number of nitrogens with zero attached hydrogens (tertiary/aromatic N) is 2. The van der Waals surface area contributed by atoms with Crippen LogP contribution in [0.3, 0.4) is 0 Å². The van der Waals surface area contributed by atoms with Gasteiger partial charge in [0.05, 0.1) is 23.2 Å². The van der Waals surface area contributed by atoms with Gasteiger partial charge < -0.3 is 30.0 Å². The van der Waals surface area contributed by atoms with Gasteiger partial charge in [-0.2, -0.15) is 0 Å². The highest BCUT2D eigenvalue weighted by molar-refractivity contribution is 5.77. The van der Waals surface area contributed by atoms with E-state index in [4.69, 9.17) is 14.2 Å². The molecule has 0 amide bonds. The molecule has 0 aliphatic carbocycles. The smallest absolute Gasteiger partial charge is 0.349 e. The van der Waals surface area contributed by atoms with E-state index in [0.29, 0.717) is 0 Å². The summed E-state index contributed by atoms with van der Waals surface area (Å²) in [6, 6.07) is 0.951. The molecule has 3 rings (SSSR count). The Morgan fingerprint density at radius 2 is 1.54 bits per heavy atom. The third kappa shape index (κ3) is 9.38. The molecule has 2 saturated heterocycles. The molecule has 0 aromatic carbocycles. The Bertz CT molecular complexity index is 888. The van der Waals surface area contributed by atoms with Gasteiger partial charge in [-0.1, -0.05) is 0 Å². The minimum absolute atomic E-state index is 0.116. The monoisotopic (exact) mass is 496 g/mol. The summed E-state index contributed by atoms with van der Waals surface area (Å²) >= 11 is 0. The van der Waals surface area contributed by atoms with Crippen molar-refractivity contribution in [3.05, 3.63) is 28.6 Å². The van der Waals surface area contributed by atoms with Crippen LogP contribution in [0.5, 0.6) is 5.75 Å². The number of aliphatic hydroxyl groups excluding tert-OH is 1. The van der Waals surface area contributed by atoms with Crippen molar-refractivity contribution in [2.75, 3.05) is 13.1 Å². The zero-order valence-electron chi connectivity index (χ0n) is 21.1. The van der Waals surface area contributed by atoms with Crippen LogP contribution in [0.4, 0.5) is 5.69 Å². The van der Waals surface area contributed by atoms with Crippen molar-refractivity contribution < 1.29 is 33.8 Å². The van der Waals surface area contributed by atoms with Gasteiger partial charge in [0.2, 0.25) is 6.10 Å². The third-order valence-electron chi connectivity index (χ3n) is 4.93. The quantitative estimate of drug-likeness (QED) is 0.285. The maximum atomic E-state index is 12.3. The minimum Gasteiger partial charge on any atom is -0.475 e. The summed E-state index contributed by atoms with van der Waals surface area (Å²) < 4.78 is 16.0. The summed E-state index contributed by atoms with van der Waals surface area (Å²) in [7, 11) is 0. The van der Waals surface area contributed by atoms with Gasteiger partial charge in [-0.25, -0.2) is 9.59 Å². The number of aliphatic hydroxyl groups is 1. The molecule has 4 atom stereocenters. The van der Waals surface area contributed by atoms with Gasteiger partial charge in [0.25, 0.3) is 5.69 Å². The normalized spacial score (nSPS) is 21.1. The van der Waals surface area contributed by atoms with Crippen molar-refractivity contribution in [1.29, 1.82) is 0 Å². The van der Waals surface area contributed by atoms with Crippen LogP contribution in [-0.4, -0.2) is 75.5 Å². The summed E-state index contributed by atoms with van der Waals surface area (Å²) in [4.78, 5) is 37.5. The lowest BCUT2D eigenvalue weighted by atomic mass is 10.0. The van der Waals surface area contributed by atoms with Crippen molar-refractivity contribution in [3.8, 4) is 5.75 Å². The first-order chi connectivity index (χ1) is 16.2. The number of carbonyl (C=O) groups is 2. The fourth-order valence-corrected chi connectivity index (χ4v) is 3.05. The molecule has 2 aliphatic heterocycles. The van der Waals surface area contributed by atoms with E-state index in [0.717, 1.165) is 32.1 Å². The number of aromatic nitrogens is 1. The summed E-state index contributed by atoms with van der Waals surface area (Å²) in [6.45, 7) is 12.3. The molecule has 3 N–H and O–H groups in total. The first-order valence-corrected chi connectivity index (χ1v) is 11.5. The van der Waals surface area contributed by atoms with E-state index in [1.807, 2.05) is 0 Å². The molecule has 0 saturated carbocycles. The molecule has 2 fully saturated rings. The van der Waals surface area contributed by atoms with Crippen molar-refractivity contribution in [1.82, 2.24) is 15.6 Å². The molecule has 0 bridgehead atoms. The van der Waals surface area contributed by atoms with E-state index in [-0.39, 0.29) is 23.5 Å². The average molecular weight is 497 g/mol. The van der Waals surface area contributed by atoms with E-state index in [2.05, 4.69) is 15.6 Å². The number of hydrogen-bond acceptors (Lipinski definition) is 11. The van der Waals surface area contributed by atoms with Crippen LogP contribution in [0.1, 0.15) is 54.4 Å². The van der Waals surface area contributed by atoms with Crippen LogP contribution >= 0.6 is 0 Å². The van der Waals surface area contributed by atoms with E-state index >= 15 is 0 Å². The number of hydrogen-bond donors (Lipinski definition) is 3. The van der Waals surface area contributed by atoms with Gasteiger partial charge >= 0.3 is 11.9 Å². The molecule has 35 heavy (non-hydrogen) atoms. The fourth-order valence-electron chi connectivity index (χ4n) is 3.05. The maximum Gasteiger partial charge on any atom is 0.349 e. The van der Waals surface area contributed by atoms with E-state index < -0.39 is 40.3 Å². The molecular formula is C23H36N4O8. The molecule has 3 unspecified atom stereocenters. The summed E-state index contributed by atoms with van der Waals surface area (Å²) in [5.41, 5.74) is -1.35. The Labute approximate surface area is 204 Å². The lowest BCUT2D eigenvalue weighted by Crippen LogP contribution is -2.57. The van der Waals surface area contributed by atoms with E-state index in [1.165, 1.54) is 12.3 Å². The van der Waals surface area contributed by atoms with Crippen LogP contribution in [0.15, 0.2) is 18.5 Å². The van der Waals surface area contributed by atoms with Crippen molar-refractivity contribution in [2.24, 2.45) is 0 Å². The summed E-state index contributed by atoms with van der Waals surface area (Å²) in [5.74, 6) is -0.875. The molecule has 0 spiro atoms. The van der Waals surface area contributed by atoms with Gasteiger partial charge in [-0.05, 0) is 67.5 Å². The van der Waals surface area contributed by atoms with Gasteiger partial charge in [0.1, 0.15) is 23.1 Å². The highest BCUT2D eigenvalue weighted by Gasteiger charge is 2.37.